The highest BCUT2D eigenvalue weighted by Crippen LogP contribution is 2.22. The second-order valence-electron chi connectivity index (χ2n) is 5.57. The van der Waals surface area contributed by atoms with Crippen LogP contribution in [0.2, 0.25) is 0 Å². The Labute approximate surface area is 130 Å². The minimum atomic E-state index is -1.42. The molecular formula is C16H26O4S. The van der Waals surface area contributed by atoms with E-state index in [1.165, 1.54) is 0 Å². The standard InChI is InChI=1S/C16H26O4S/c1-4-5-6-13-19-21(18)15-9-7-14(8-10-15)20-16(2,3)11-12-17/h7-10,17H,4-6,11-13H2,1-3H3. The topological polar surface area (TPSA) is 55.8 Å². The van der Waals surface area contributed by atoms with E-state index in [1.807, 2.05) is 13.8 Å². The molecule has 1 unspecified atom stereocenters. The molecule has 0 amide bonds. The van der Waals surface area contributed by atoms with Crippen LogP contribution in [0.4, 0.5) is 0 Å². The van der Waals surface area contributed by atoms with Crippen molar-refractivity contribution in [2.24, 2.45) is 0 Å². The molecule has 0 saturated carbocycles. The molecule has 1 atom stereocenters. The number of rotatable bonds is 10. The normalized spacial score (nSPS) is 13.1. The van der Waals surface area contributed by atoms with E-state index >= 15 is 0 Å². The highest BCUT2D eigenvalue weighted by molar-refractivity contribution is 7.80. The lowest BCUT2D eigenvalue weighted by Crippen LogP contribution is -2.29. The third-order valence-electron chi connectivity index (χ3n) is 3.06. The summed E-state index contributed by atoms with van der Waals surface area (Å²) in [6, 6.07) is 7.06. The van der Waals surface area contributed by atoms with Crippen LogP contribution >= 0.6 is 0 Å². The van der Waals surface area contributed by atoms with E-state index in [1.54, 1.807) is 24.3 Å². The number of aliphatic hydroxyl groups excluding tert-OH is 1. The average Bonchev–Trinajstić information content (AvgIpc) is 2.43. The molecule has 5 heteroatoms. The summed E-state index contributed by atoms with van der Waals surface area (Å²) in [6.45, 7) is 6.56. The highest BCUT2D eigenvalue weighted by atomic mass is 32.2. The SMILES string of the molecule is CCCCCOS(=O)c1ccc(OC(C)(C)CCO)cc1. The number of benzene rings is 1. The number of hydrogen-bond donors (Lipinski definition) is 1. The van der Waals surface area contributed by atoms with Gasteiger partial charge in [0, 0.05) is 13.0 Å². The lowest BCUT2D eigenvalue weighted by Gasteiger charge is -2.25. The molecule has 0 aliphatic rings. The van der Waals surface area contributed by atoms with Crippen molar-refractivity contribution in [1.82, 2.24) is 0 Å². The molecule has 1 aromatic rings. The smallest absolute Gasteiger partial charge is 0.189 e. The number of hydrogen-bond acceptors (Lipinski definition) is 4. The van der Waals surface area contributed by atoms with Crippen LogP contribution in [-0.2, 0) is 15.3 Å². The third-order valence-corrected chi connectivity index (χ3v) is 4.10. The zero-order chi connectivity index (χ0) is 15.7. The van der Waals surface area contributed by atoms with Gasteiger partial charge in [0.2, 0.25) is 0 Å². The van der Waals surface area contributed by atoms with Crippen LogP contribution in [0.1, 0.15) is 46.5 Å². The first-order valence-electron chi connectivity index (χ1n) is 7.43. The summed E-state index contributed by atoms with van der Waals surface area (Å²) in [7, 11) is 0. The minimum absolute atomic E-state index is 0.0840. The van der Waals surface area contributed by atoms with Gasteiger partial charge in [-0.15, -0.1) is 0 Å². The monoisotopic (exact) mass is 314 g/mol. The van der Waals surface area contributed by atoms with Crippen molar-refractivity contribution < 1.29 is 18.2 Å². The molecule has 21 heavy (non-hydrogen) atoms. The maximum absolute atomic E-state index is 11.9. The summed E-state index contributed by atoms with van der Waals surface area (Å²) < 4.78 is 23.0. The van der Waals surface area contributed by atoms with Crippen LogP contribution in [0.5, 0.6) is 5.75 Å². The number of aliphatic hydroxyl groups is 1. The molecule has 1 aromatic carbocycles. The summed E-state index contributed by atoms with van der Waals surface area (Å²) in [4.78, 5) is 0.638. The van der Waals surface area contributed by atoms with Gasteiger partial charge >= 0.3 is 0 Å². The molecule has 0 radical (unpaired) electrons. The molecular weight excluding hydrogens is 288 g/mol. The van der Waals surface area contributed by atoms with Gasteiger partial charge in [-0.05, 0) is 44.5 Å². The van der Waals surface area contributed by atoms with Gasteiger partial charge in [-0.2, -0.15) is 0 Å². The molecule has 0 aliphatic carbocycles. The quantitative estimate of drug-likeness (QED) is 0.672. The molecule has 120 valence electrons. The molecule has 0 spiro atoms. The van der Waals surface area contributed by atoms with Gasteiger partial charge in [0.25, 0.3) is 0 Å². The highest BCUT2D eigenvalue weighted by Gasteiger charge is 2.19. The second-order valence-corrected chi connectivity index (χ2v) is 6.75. The molecule has 4 nitrogen and oxygen atoms in total. The van der Waals surface area contributed by atoms with Crippen molar-refractivity contribution in [2.45, 2.75) is 57.0 Å². The van der Waals surface area contributed by atoms with Crippen LogP contribution in [0.3, 0.4) is 0 Å². The second kappa shape index (κ2) is 9.18. The lowest BCUT2D eigenvalue weighted by atomic mass is 10.1. The lowest BCUT2D eigenvalue weighted by molar-refractivity contribution is 0.0764. The van der Waals surface area contributed by atoms with E-state index in [9.17, 15) is 4.21 Å². The van der Waals surface area contributed by atoms with Gasteiger partial charge in [0.1, 0.15) is 11.4 Å². The molecule has 1 N–H and O–H groups in total. The Kier molecular flexibility index (Phi) is 7.93. The van der Waals surface area contributed by atoms with Gasteiger partial charge < -0.3 is 9.84 Å². The van der Waals surface area contributed by atoms with Crippen molar-refractivity contribution in [3.05, 3.63) is 24.3 Å². The summed E-state index contributed by atoms with van der Waals surface area (Å²) >= 11 is -1.42. The zero-order valence-electron chi connectivity index (χ0n) is 13.1. The Bertz CT molecular complexity index is 428. The predicted octanol–water partition coefficient (Wildman–Crippen LogP) is 3.46. The Morgan fingerprint density at radius 3 is 2.43 bits per heavy atom. The van der Waals surface area contributed by atoms with Crippen LogP contribution < -0.4 is 4.74 Å². The van der Waals surface area contributed by atoms with E-state index < -0.39 is 16.7 Å². The van der Waals surface area contributed by atoms with Gasteiger partial charge in [0.15, 0.2) is 11.1 Å². The molecule has 0 aromatic heterocycles. The van der Waals surface area contributed by atoms with Crippen molar-refractivity contribution in [1.29, 1.82) is 0 Å². The van der Waals surface area contributed by atoms with Crippen molar-refractivity contribution >= 4 is 11.1 Å². The Balaban J connectivity index is 2.51. The maximum Gasteiger partial charge on any atom is 0.189 e. The Hall–Kier alpha value is -0.910. The largest absolute Gasteiger partial charge is 0.488 e. The molecule has 0 heterocycles. The number of unbranched alkanes of at least 4 members (excludes halogenated alkanes) is 2. The Morgan fingerprint density at radius 1 is 1.19 bits per heavy atom. The first-order chi connectivity index (χ1) is 9.98. The molecule has 1 rings (SSSR count). The fraction of sp³-hybridized carbons (Fsp3) is 0.625. The molecule has 0 bridgehead atoms. The van der Waals surface area contributed by atoms with Gasteiger partial charge in [-0.1, -0.05) is 19.8 Å². The fourth-order valence-corrected chi connectivity index (χ4v) is 2.58. The van der Waals surface area contributed by atoms with Gasteiger partial charge in [-0.25, -0.2) is 4.21 Å². The summed E-state index contributed by atoms with van der Waals surface area (Å²) in [6.07, 6.45) is 3.69. The van der Waals surface area contributed by atoms with Gasteiger partial charge in [-0.3, -0.25) is 4.18 Å². The third kappa shape index (κ3) is 7.07. The van der Waals surface area contributed by atoms with E-state index in [4.69, 9.17) is 14.0 Å². The van der Waals surface area contributed by atoms with E-state index in [0.717, 1.165) is 19.3 Å². The predicted molar refractivity (Wildman–Crippen MR) is 84.7 cm³/mol. The van der Waals surface area contributed by atoms with Crippen LogP contribution in [0.15, 0.2) is 29.2 Å². The first-order valence-corrected chi connectivity index (χ1v) is 8.51. The Morgan fingerprint density at radius 2 is 1.86 bits per heavy atom. The van der Waals surface area contributed by atoms with Crippen LogP contribution in [-0.4, -0.2) is 28.1 Å². The van der Waals surface area contributed by atoms with Crippen LogP contribution in [0.25, 0.3) is 0 Å². The fourth-order valence-electron chi connectivity index (χ4n) is 1.81. The van der Waals surface area contributed by atoms with E-state index in [-0.39, 0.29) is 6.61 Å². The number of ether oxygens (including phenoxy) is 1. The summed E-state index contributed by atoms with van der Waals surface area (Å²) in [5, 5.41) is 8.98. The zero-order valence-corrected chi connectivity index (χ0v) is 13.9. The summed E-state index contributed by atoms with van der Waals surface area (Å²) in [5.74, 6) is 0.695. The first kappa shape index (κ1) is 18.1. The van der Waals surface area contributed by atoms with E-state index in [0.29, 0.717) is 23.7 Å². The molecule has 0 fully saturated rings. The van der Waals surface area contributed by atoms with Gasteiger partial charge in [0.05, 0.1) is 11.5 Å². The van der Waals surface area contributed by atoms with Crippen molar-refractivity contribution in [3.8, 4) is 5.75 Å². The minimum Gasteiger partial charge on any atom is -0.488 e. The van der Waals surface area contributed by atoms with E-state index in [2.05, 4.69) is 6.92 Å². The van der Waals surface area contributed by atoms with Crippen molar-refractivity contribution in [3.63, 3.8) is 0 Å². The maximum atomic E-state index is 11.9. The summed E-state index contributed by atoms with van der Waals surface area (Å²) in [5.41, 5.74) is -0.425. The van der Waals surface area contributed by atoms with Crippen LogP contribution in [0, 0.1) is 0 Å². The average molecular weight is 314 g/mol. The van der Waals surface area contributed by atoms with Crippen molar-refractivity contribution in [2.75, 3.05) is 13.2 Å². The molecule has 0 aliphatic heterocycles. The molecule has 0 saturated heterocycles.